The molecule has 20 nitrogen and oxygen atoms in total. The van der Waals surface area contributed by atoms with Crippen LogP contribution in [0.4, 0.5) is 0 Å². The van der Waals surface area contributed by atoms with Crippen molar-refractivity contribution in [1.82, 2.24) is 0 Å². The molecule has 0 saturated carbocycles. The summed E-state index contributed by atoms with van der Waals surface area (Å²) in [5.74, 6) is -12.1. The normalized spacial score (nSPS) is 9.88. The monoisotopic (exact) mass is 470 g/mol. The Kier molecular flexibility index (Phi) is 26.2. The molecular weight excluding hydrogens is 440 g/mol. The van der Waals surface area contributed by atoms with Crippen LogP contribution in [0.2, 0.25) is 0 Å². The number of carbonyl (C=O) groups excluding carboxylic acids is 4. The lowest BCUT2D eigenvalue weighted by atomic mass is 9.87. The molecule has 20 heteroatoms. The highest BCUT2D eigenvalue weighted by Gasteiger charge is 2.24. The van der Waals surface area contributed by atoms with Gasteiger partial charge >= 0.3 is 23.8 Å². The Balaban J connectivity index is -0.000000123. The van der Waals surface area contributed by atoms with Crippen molar-refractivity contribution >= 4 is 47.7 Å². The number of hydrogen-bond donors (Lipinski definition) is 12. The molecule has 0 aliphatic carbocycles. The highest BCUT2D eigenvalue weighted by molar-refractivity contribution is 5.84. The van der Waals surface area contributed by atoms with Crippen LogP contribution in [-0.2, 0) is 19.2 Å². The molecular formula is C12H30N12O8. The van der Waals surface area contributed by atoms with Gasteiger partial charge in [0.1, 0.15) is 0 Å². The Hall–Kier alpha value is -5.04. The topological polar surface area (TPSA) is 471 Å². The molecule has 0 rings (SSSR count). The van der Waals surface area contributed by atoms with Crippen LogP contribution in [0.15, 0.2) is 0 Å². The van der Waals surface area contributed by atoms with Crippen LogP contribution in [0.3, 0.4) is 0 Å². The van der Waals surface area contributed by atoms with E-state index in [4.69, 9.17) is 0 Å². The lowest BCUT2D eigenvalue weighted by molar-refractivity contribution is -0.335. The van der Waals surface area contributed by atoms with Crippen molar-refractivity contribution in [2.24, 2.45) is 57.7 Å². The van der Waals surface area contributed by atoms with Gasteiger partial charge in [0.25, 0.3) is 0 Å². The molecule has 0 aromatic heterocycles. The van der Waals surface area contributed by atoms with Gasteiger partial charge in [0, 0.05) is 35.7 Å². The Labute approximate surface area is 180 Å². The molecule has 24 N–H and O–H groups in total. The summed E-state index contributed by atoms with van der Waals surface area (Å²) in [6.45, 7) is 0. The molecule has 32 heavy (non-hydrogen) atoms. The van der Waals surface area contributed by atoms with Gasteiger partial charge in [-0.3, -0.25) is 67.5 Å². The fourth-order valence-electron chi connectivity index (χ4n) is 1.14. The van der Waals surface area contributed by atoms with E-state index in [1.54, 1.807) is 0 Å². The van der Waals surface area contributed by atoms with Gasteiger partial charge in [-0.15, -0.1) is 0 Å². The zero-order valence-corrected chi connectivity index (χ0v) is 16.8. The third kappa shape index (κ3) is 64.0. The van der Waals surface area contributed by atoms with Crippen LogP contribution < -0.4 is 87.9 Å². The second-order valence-corrected chi connectivity index (χ2v) is 5.00. The number of carboxylic acid groups (broad SMARTS) is 4. The zero-order chi connectivity index (χ0) is 27.2. The summed E-state index contributed by atoms with van der Waals surface area (Å²) < 4.78 is 0. The molecule has 0 fully saturated rings. The van der Waals surface area contributed by atoms with Crippen molar-refractivity contribution in [1.29, 1.82) is 0 Å². The first-order valence-corrected chi connectivity index (χ1v) is 7.53. The number of hydrogen-bond acceptors (Lipinski definition) is 8. The first kappa shape index (κ1) is 37.7. The largest absolute Gasteiger partial charge is 0.550 e. The molecule has 0 unspecified atom stereocenters. The van der Waals surface area contributed by atoms with E-state index in [1.165, 1.54) is 0 Å². The van der Waals surface area contributed by atoms with E-state index in [9.17, 15) is 39.6 Å². The molecule has 0 aromatic carbocycles. The van der Waals surface area contributed by atoms with Gasteiger partial charge in [-0.2, -0.15) is 0 Å². The smallest absolute Gasteiger partial charge is 0.336 e. The van der Waals surface area contributed by atoms with E-state index in [2.05, 4.69) is 67.5 Å². The number of aliphatic carboxylic acids is 4. The SMILES string of the molecule is NC(N)=[NH2+].NC(N)=[NH2+].NC(N)=[NH2+].NC(N)=[NH2+].O=C([O-])C[C@H](C(=O)[O-])[C@@H](CC(=O)[O-])C(=O)[O-]. The second kappa shape index (κ2) is 22.3. The third-order valence-corrected chi connectivity index (χ3v) is 1.86. The first-order chi connectivity index (χ1) is 14.2. The van der Waals surface area contributed by atoms with E-state index < -0.39 is 48.6 Å². The molecule has 0 aromatic rings. The fourth-order valence-corrected chi connectivity index (χ4v) is 1.14. The standard InChI is InChI=1S/C8H10O8.4CH5N3/c9-5(10)1-3(7(13)14)4(8(15)16)2-6(11)12;4*2-1(3)4/h3-4H,1-2H2,(H,9,10)(H,11,12)(H,13,14)(H,15,16);4*(H5,2,3,4)/t3-,4+;;;;. The van der Waals surface area contributed by atoms with Crippen LogP contribution in [-0.4, -0.2) is 47.7 Å². The van der Waals surface area contributed by atoms with Crippen molar-refractivity contribution in [3.63, 3.8) is 0 Å². The molecule has 0 saturated heterocycles. The summed E-state index contributed by atoms with van der Waals surface area (Å²) in [4.78, 5) is 41.2. The molecule has 0 bridgehead atoms. The molecule has 0 amide bonds. The van der Waals surface area contributed by atoms with E-state index in [1.807, 2.05) is 0 Å². The number of rotatable bonds is 7. The van der Waals surface area contributed by atoms with Crippen LogP contribution >= 0.6 is 0 Å². The van der Waals surface area contributed by atoms with Gasteiger partial charge in [0.2, 0.25) is 0 Å². The van der Waals surface area contributed by atoms with Gasteiger partial charge < -0.3 is 39.6 Å². The van der Waals surface area contributed by atoms with E-state index in [0.29, 0.717) is 0 Å². The minimum Gasteiger partial charge on any atom is -0.550 e. The second-order valence-electron chi connectivity index (χ2n) is 5.00. The Morgan fingerprint density at radius 2 is 0.625 bits per heavy atom. The number of guanidine groups is 4. The van der Waals surface area contributed by atoms with Crippen molar-refractivity contribution < 1.29 is 61.2 Å². The quantitative estimate of drug-likeness (QED) is 0.121. The molecule has 0 radical (unpaired) electrons. The molecule has 0 spiro atoms. The van der Waals surface area contributed by atoms with Crippen LogP contribution in [0.1, 0.15) is 12.8 Å². The van der Waals surface area contributed by atoms with Crippen LogP contribution in [0, 0.1) is 11.8 Å². The molecule has 186 valence electrons. The zero-order valence-electron chi connectivity index (χ0n) is 16.8. The van der Waals surface area contributed by atoms with Gasteiger partial charge in [-0.25, -0.2) is 0 Å². The Morgan fingerprint density at radius 1 is 0.500 bits per heavy atom. The van der Waals surface area contributed by atoms with Gasteiger partial charge in [-0.05, 0) is 12.8 Å². The lowest BCUT2D eigenvalue weighted by Gasteiger charge is -2.29. The number of carboxylic acids is 4. The third-order valence-electron chi connectivity index (χ3n) is 1.86. The van der Waals surface area contributed by atoms with Gasteiger partial charge in [0.15, 0.2) is 0 Å². The van der Waals surface area contributed by atoms with Crippen molar-refractivity contribution in [3.8, 4) is 0 Å². The van der Waals surface area contributed by atoms with E-state index in [-0.39, 0.29) is 23.8 Å². The molecule has 2 atom stereocenters. The molecule has 0 aliphatic heterocycles. The predicted octanol–water partition coefficient (Wildman–Crippen LogP) is -17.9. The first-order valence-electron chi connectivity index (χ1n) is 7.53. The highest BCUT2D eigenvalue weighted by Crippen LogP contribution is 2.18. The minimum atomic E-state index is -2.03. The maximum absolute atomic E-state index is 10.5. The number of nitrogens with two attached hydrogens (primary N) is 12. The van der Waals surface area contributed by atoms with Crippen molar-refractivity contribution in [2.45, 2.75) is 12.8 Å². The minimum absolute atomic E-state index is 0.0833. The van der Waals surface area contributed by atoms with E-state index in [0.717, 1.165) is 0 Å². The Bertz CT molecular complexity index is 572. The maximum Gasteiger partial charge on any atom is 0.336 e. The summed E-state index contributed by atoms with van der Waals surface area (Å²) in [7, 11) is 0. The summed E-state index contributed by atoms with van der Waals surface area (Å²) >= 11 is 0. The molecule has 0 heterocycles. The van der Waals surface area contributed by atoms with Gasteiger partial charge in [-0.1, -0.05) is 0 Å². The Morgan fingerprint density at radius 3 is 0.688 bits per heavy atom. The summed E-state index contributed by atoms with van der Waals surface area (Å²) in [5.41, 5.74) is 36.7. The molecule has 0 aliphatic rings. The maximum atomic E-state index is 10.5. The average Bonchev–Trinajstić information content (AvgIpc) is 2.47. The van der Waals surface area contributed by atoms with Crippen molar-refractivity contribution in [2.75, 3.05) is 0 Å². The van der Waals surface area contributed by atoms with Crippen molar-refractivity contribution in [3.05, 3.63) is 0 Å². The van der Waals surface area contributed by atoms with Crippen LogP contribution in [0.25, 0.3) is 0 Å². The average molecular weight is 470 g/mol. The highest BCUT2D eigenvalue weighted by atomic mass is 16.4. The van der Waals surface area contributed by atoms with Crippen LogP contribution in [0.5, 0.6) is 0 Å². The number of carbonyl (C=O) groups is 4. The summed E-state index contributed by atoms with van der Waals surface area (Å²) in [6.07, 6.45) is -2.34. The fraction of sp³-hybridized carbons (Fsp3) is 0.333. The summed E-state index contributed by atoms with van der Waals surface area (Å²) in [5, 5.41) is 59.5. The lowest BCUT2D eigenvalue weighted by Crippen LogP contribution is -2.51. The predicted molar refractivity (Wildman–Crippen MR) is 97.5 cm³/mol. The van der Waals surface area contributed by atoms with Gasteiger partial charge in [0.05, 0.1) is 0 Å². The summed E-state index contributed by atoms with van der Waals surface area (Å²) in [6, 6.07) is 0. The van der Waals surface area contributed by atoms with E-state index >= 15 is 0 Å².